The lowest BCUT2D eigenvalue weighted by molar-refractivity contribution is -0.322. The quantitative estimate of drug-likeness (QED) is 0.230. The predicted octanol–water partition coefficient (Wildman–Crippen LogP) is 7.82. The molecule has 2 saturated carbocycles. The van der Waals surface area contributed by atoms with Crippen molar-refractivity contribution in [3.8, 4) is 0 Å². The fourth-order valence-electron chi connectivity index (χ4n) is 6.92. The van der Waals surface area contributed by atoms with Gasteiger partial charge < -0.3 is 28.5 Å². The highest BCUT2D eigenvalue weighted by Gasteiger charge is 2.65. The van der Waals surface area contributed by atoms with Crippen molar-refractivity contribution >= 4 is 16.6 Å². The Kier molecular flexibility index (Phi) is 9.46. The summed E-state index contributed by atoms with van der Waals surface area (Å²) in [5.41, 5.74) is -0.622. The Morgan fingerprint density at radius 2 is 1.52 bits per heavy atom. The van der Waals surface area contributed by atoms with E-state index in [2.05, 4.69) is 94.6 Å². The van der Waals surface area contributed by atoms with Crippen LogP contribution in [0.15, 0.2) is 11.8 Å². The number of aliphatic hydroxyl groups is 2. The van der Waals surface area contributed by atoms with Crippen molar-refractivity contribution in [2.45, 2.75) is 149 Å². The number of methoxy groups -OCH3 is 1. The summed E-state index contributed by atoms with van der Waals surface area (Å²) in [7, 11) is -2.92. The molecule has 3 rings (SSSR count). The van der Waals surface area contributed by atoms with Gasteiger partial charge in [0.05, 0.1) is 11.9 Å². The Morgan fingerprint density at radius 1 is 0.950 bits per heavy atom. The van der Waals surface area contributed by atoms with Crippen LogP contribution < -0.4 is 0 Å². The molecular weight excluding hydrogens is 537 g/mol. The van der Waals surface area contributed by atoms with Crippen LogP contribution in [-0.4, -0.2) is 58.7 Å². The third-order valence-corrected chi connectivity index (χ3v) is 20.9. The molecule has 6 nitrogen and oxygen atoms in total. The zero-order valence-electron chi connectivity index (χ0n) is 28.2. The molecule has 2 fully saturated rings. The van der Waals surface area contributed by atoms with Crippen molar-refractivity contribution in [3.63, 3.8) is 0 Å². The second kappa shape index (κ2) is 11.0. The van der Waals surface area contributed by atoms with Crippen molar-refractivity contribution in [3.05, 3.63) is 11.8 Å². The van der Waals surface area contributed by atoms with Gasteiger partial charge in [0.1, 0.15) is 12.9 Å². The van der Waals surface area contributed by atoms with Gasteiger partial charge in [-0.05, 0) is 85.8 Å². The summed E-state index contributed by atoms with van der Waals surface area (Å²) >= 11 is 0. The molecule has 0 radical (unpaired) electrons. The van der Waals surface area contributed by atoms with Gasteiger partial charge in [-0.2, -0.15) is 0 Å². The molecule has 0 aromatic heterocycles. The van der Waals surface area contributed by atoms with E-state index in [0.717, 1.165) is 18.6 Å². The Labute approximate surface area is 247 Å². The maximum absolute atomic E-state index is 12.9. The van der Waals surface area contributed by atoms with Crippen LogP contribution in [0.25, 0.3) is 0 Å². The summed E-state index contributed by atoms with van der Waals surface area (Å²) in [6, 6.07) is 0. The maximum atomic E-state index is 12.9. The molecule has 0 spiro atoms. The lowest BCUT2D eigenvalue weighted by Gasteiger charge is -2.62. The number of ether oxygens (including phenoxy) is 2. The van der Waals surface area contributed by atoms with Crippen LogP contribution in [0, 0.1) is 28.6 Å². The first-order chi connectivity index (χ1) is 17.9. The monoisotopic (exact) mass is 598 g/mol. The molecule has 2 bridgehead atoms. The van der Waals surface area contributed by atoms with E-state index in [9.17, 15) is 10.2 Å². The molecule has 8 heteroatoms. The molecule has 0 aromatic rings. The minimum Gasteiger partial charge on any atom is -0.547 e. The molecule has 3 aliphatic rings. The third-order valence-electron chi connectivity index (χ3n) is 12.1. The second-order valence-electron chi connectivity index (χ2n) is 17.0. The summed E-state index contributed by atoms with van der Waals surface area (Å²) in [5, 5.41) is 24.9. The maximum Gasteiger partial charge on any atom is 0.250 e. The van der Waals surface area contributed by atoms with Gasteiger partial charge in [0.25, 0.3) is 0 Å². The van der Waals surface area contributed by atoms with E-state index in [1.165, 1.54) is 0 Å². The molecule has 40 heavy (non-hydrogen) atoms. The van der Waals surface area contributed by atoms with Gasteiger partial charge in [0.2, 0.25) is 8.32 Å². The molecular formula is C32H62O6Si2. The topological polar surface area (TPSA) is 77.4 Å². The van der Waals surface area contributed by atoms with Crippen molar-refractivity contribution < 1.29 is 28.5 Å². The van der Waals surface area contributed by atoms with E-state index in [1.807, 2.05) is 0 Å². The second-order valence-corrected chi connectivity index (χ2v) is 26.5. The number of allylic oxidation sites excluding steroid dienone is 2. The number of rotatable bonds is 7. The molecule has 2 unspecified atom stereocenters. The van der Waals surface area contributed by atoms with Crippen molar-refractivity contribution in [2.24, 2.45) is 28.6 Å². The van der Waals surface area contributed by atoms with Gasteiger partial charge in [-0.3, -0.25) is 0 Å². The van der Waals surface area contributed by atoms with Gasteiger partial charge >= 0.3 is 0 Å². The molecule has 0 aromatic carbocycles. The first-order valence-electron chi connectivity index (χ1n) is 15.5. The van der Waals surface area contributed by atoms with Crippen LogP contribution in [0.2, 0.25) is 36.3 Å². The molecule has 0 aliphatic heterocycles. The number of aliphatic hydroxyl groups excluding tert-OH is 1. The Morgan fingerprint density at radius 3 is 2.05 bits per heavy atom. The normalized spacial score (nSPS) is 37.2. The molecule has 234 valence electrons. The van der Waals surface area contributed by atoms with Gasteiger partial charge in [-0.25, -0.2) is 0 Å². The summed E-state index contributed by atoms with van der Waals surface area (Å²) in [6.07, 6.45) is 4.90. The summed E-state index contributed by atoms with van der Waals surface area (Å²) in [5.74, 6) is -0.365. The predicted molar refractivity (Wildman–Crippen MR) is 168 cm³/mol. The lowest BCUT2D eigenvalue weighted by Crippen LogP contribution is -2.68. The average molecular weight is 599 g/mol. The van der Waals surface area contributed by atoms with E-state index in [4.69, 9.17) is 18.3 Å². The highest BCUT2D eigenvalue weighted by atomic mass is 28.4. The van der Waals surface area contributed by atoms with Crippen LogP contribution in [-0.2, 0) is 18.3 Å². The van der Waals surface area contributed by atoms with E-state index < -0.39 is 40.0 Å². The number of hydrogen-bond acceptors (Lipinski definition) is 6. The molecule has 7 atom stereocenters. The van der Waals surface area contributed by atoms with Gasteiger partial charge in [-0.15, -0.1) is 0 Å². The van der Waals surface area contributed by atoms with Crippen molar-refractivity contribution in [1.29, 1.82) is 0 Å². The molecule has 3 aliphatic carbocycles. The largest absolute Gasteiger partial charge is 0.547 e. The highest BCUT2D eigenvalue weighted by molar-refractivity contribution is 6.74. The number of fused-ring (bicyclic) bond motifs is 3. The van der Waals surface area contributed by atoms with Gasteiger partial charge in [0.15, 0.2) is 14.1 Å². The summed E-state index contributed by atoms with van der Waals surface area (Å²) in [4.78, 5) is 0. The van der Waals surface area contributed by atoms with Crippen LogP contribution in [0.3, 0.4) is 0 Å². The lowest BCUT2D eigenvalue weighted by atomic mass is 9.50. The van der Waals surface area contributed by atoms with Crippen LogP contribution >= 0.6 is 0 Å². The fourth-order valence-corrected chi connectivity index (χ4v) is 9.44. The molecule has 2 N–H and O–H groups in total. The van der Waals surface area contributed by atoms with Crippen LogP contribution in [0.5, 0.6) is 0 Å². The van der Waals surface area contributed by atoms with E-state index in [1.54, 1.807) is 7.11 Å². The first kappa shape index (κ1) is 34.3. The SMILES string of the molecule is COCO[C@H]1CC[C@@]2(C)[C@@H](O)CC3CC=C(O[Si](C)(C)C(C)(C)C)C(C[C@@H]2[C@]1(O)O[Si](C)(C)C(C)(C)C)C3(C)C. The molecule has 0 heterocycles. The first-order valence-corrected chi connectivity index (χ1v) is 21.4. The van der Waals surface area contributed by atoms with Crippen LogP contribution in [0.1, 0.15) is 94.4 Å². The average Bonchev–Trinajstić information content (AvgIpc) is 2.77. The van der Waals surface area contributed by atoms with Crippen molar-refractivity contribution in [2.75, 3.05) is 13.9 Å². The minimum atomic E-state index is -2.44. The molecule has 0 amide bonds. The highest BCUT2D eigenvalue weighted by Crippen LogP contribution is 2.62. The zero-order chi connectivity index (χ0) is 30.7. The number of hydrogen-bond donors (Lipinski definition) is 2. The summed E-state index contributed by atoms with van der Waals surface area (Å²) in [6.45, 7) is 29.4. The summed E-state index contributed by atoms with van der Waals surface area (Å²) < 4.78 is 25.7. The Hall–Kier alpha value is -0.226. The third kappa shape index (κ3) is 6.06. The van der Waals surface area contributed by atoms with E-state index in [-0.39, 0.29) is 34.1 Å². The Balaban J connectivity index is 2.18. The van der Waals surface area contributed by atoms with E-state index in [0.29, 0.717) is 25.2 Å². The molecule has 0 saturated heterocycles. The van der Waals surface area contributed by atoms with Gasteiger partial charge in [-0.1, -0.05) is 62.3 Å². The smallest absolute Gasteiger partial charge is 0.250 e. The van der Waals surface area contributed by atoms with Crippen molar-refractivity contribution in [1.82, 2.24) is 0 Å². The standard InChI is InChI=1S/C32H62O6Si2/c1-28(2,3)39(11,12)37-24-16-15-22-19-26(33)31(9)18-17-27(36-21-35-10)32(34,38-40(13,14)29(4,5)6)25(31)20-23(24)30(22,7)8/h16,22-23,25-27,33-34H,15,17-21H2,1-14H3/t22?,23?,25-,26-,27-,31+,32-/m0/s1. The van der Waals surface area contributed by atoms with Crippen LogP contribution in [0.4, 0.5) is 0 Å². The fraction of sp³-hybridized carbons (Fsp3) is 0.938. The zero-order valence-corrected chi connectivity index (χ0v) is 30.2. The van der Waals surface area contributed by atoms with E-state index >= 15 is 0 Å². The Bertz CT molecular complexity index is 933. The minimum absolute atomic E-state index is 0.0806. The van der Waals surface area contributed by atoms with Gasteiger partial charge in [0, 0.05) is 24.4 Å².